The van der Waals surface area contributed by atoms with Gasteiger partial charge in [0.2, 0.25) is 5.82 Å². The number of nitrogens with one attached hydrogen (secondary N) is 1. The van der Waals surface area contributed by atoms with Crippen LogP contribution in [0.3, 0.4) is 0 Å². The minimum Gasteiger partial charge on any atom is -0.396 e. The molecule has 0 amide bonds. The van der Waals surface area contributed by atoms with E-state index in [9.17, 15) is 10.1 Å². The molecule has 0 aliphatic rings. The maximum Gasteiger partial charge on any atom is 0.314 e. The van der Waals surface area contributed by atoms with Crippen LogP contribution in [0.15, 0.2) is 12.3 Å². The number of anilines is 1. The molecule has 1 heterocycles. The molecule has 0 spiro atoms. The van der Waals surface area contributed by atoms with Crippen LogP contribution in [0.4, 0.5) is 11.5 Å². The van der Waals surface area contributed by atoms with Crippen molar-refractivity contribution in [1.29, 1.82) is 0 Å². The molecule has 2 atom stereocenters. The Kier molecular flexibility index (Phi) is 4.39. The van der Waals surface area contributed by atoms with Gasteiger partial charge < -0.3 is 10.4 Å². The second kappa shape index (κ2) is 5.58. The number of rotatable bonds is 5. The highest BCUT2D eigenvalue weighted by Crippen LogP contribution is 2.26. The summed E-state index contributed by atoms with van der Waals surface area (Å²) >= 11 is 0. The van der Waals surface area contributed by atoms with Crippen LogP contribution < -0.4 is 5.32 Å². The summed E-state index contributed by atoms with van der Waals surface area (Å²) in [7, 11) is 0. The number of aromatic nitrogens is 1. The van der Waals surface area contributed by atoms with Gasteiger partial charge in [-0.25, -0.2) is 4.98 Å². The van der Waals surface area contributed by atoms with Crippen molar-refractivity contribution in [2.75, 3.05) is 11.9 Å². The van der Waals surface area contributed by atoms with Crippen molar-refractivity contribution < 1.29 is 10.0 Å². The van der Waals surface area contributed by atoms with Crippen LogP contribution in [-0.4, -0.2) is 27.7 Å². The first kappa shape index (κ1) is 13.4. The summed E-state index contributed by atoms with van der Waals surface area (Å²) < 4.78 is 0. The van der Waals surface area contributed by atoms with Crippen molar-refractivity contribution in [2.45, 2.75) is 26.8 Å². The van der Waals surface area contributed by atoms with Gasteiger partial charge in [0, 0.05) is 24.4 Å². The van der Waals surface area contributed by atoms with Crippen LogP contribution >= 0.6 is 0 Å². The maximum atomic E-state index is 10.9. The average Bonchev–Trinajstić information content (AvgIpc) is 2.27. The molecule has 0 fully saturated rings. The molecule has 2 N–H and O–H groups in total. The van der Waals surface area contributed by atoms with E-state index in [1.54, 1.807) is 13.0 Å². The Hall–Kier alpha value is -1.69. The van der Waals surface area contributed by atoms with E-state index in [-0.39, 0.29) is 30.1 Å². The first-order valence-electron chi connectivity index (χ1n) is 5.44. The highest BCUT2D eigenvalue weighted by molar-refractivity contribution is 5.60. The summed E-state index contributed by atoms with van der Waals surface area (Å²) in [5.74, 6) is 0.250. The third-order valence-corrected chi connectivity index (χ3v) is 2.81. The lowest BCUT2D eigenvalue weighted by molar-refractivity contribution is -0.384. The van der Waals surface area contributed by atoms with E-state index in [2.05, 4.69) is 10.3 Å². The molecular weight excluding hydrogens is 222 g/mol. The van der Waals surface area contributed by atoms with Crippen LogP contribution in [0.5, 0.6) is 0 Å². The van der Waals surface area contributed by atoms with Crippen molar-refractivity contribution in [3.63, 3.8) is 0 Å². The Balaban J connectivity index is 2.98. The zero-order valence-corrected chi connectivity index (χ0v) is 10.2. The lowest BCUT2D eigenvalue weighted by Crippen LogP contribution is -2.27. The molecule has 6 heteroatoms. The molecule has 0 aliphatic carbocycles. The van der Waals surface area contributed by atoms with Gasteiger partial charge in [0.05, 0.1) is 4.92 Å². The monoisotopic (exact) mass is 239 g/mol. The summed E-state index contributed by atoms with van der Waals surface area (Å²) in [6.45, 7) is 5.41. The topological polar surface area (TPSA) is 88.3 Å². The Morgan fingerprint density at radius 3 is 2.76 bits per heavy atom. The quantitative estimate of drug-likeness (QED) is 0.603. The first-order valence-corrected chi connectivity index (χ1v) is 5.44. The van der Waals surface area contributed by atoms with Crippen LogP contribution in [-0.2, 0) is 0 Å². The van der Waals surface area contributed by atoms with E-state index in [0.29, 0.717) is 5.56 Å². The number of hydrogen-bond donors (Lipinski definition) is 2. The Morgan fingerprint density at radius 1 is 1.59 bits per heavy atom. The minimum absolute atomic E-state index is 0.00286. The number of aliphatic hydroxyl groups is 1. The molecule has 1 aromatic heterocycles. The highest BCUT2D eigenvalue weighted by atomic mass is 16.6. The molecule has 0 aliphatic heterocycles. The van der Waals surface area contributed by atoms with Gasteiger partial charge >= 0.3 is 5.69 Å². The fourth-order valence-electron chi connectivity index (χ4n) is 1.40. The normalized spacial score (nSPS) is 14.1. The van der Waals surface area contributed by atoms with E-state index >= 15 is 0 Å². The second-order valence-corrected chi connectivity index (χ2v) is 4.18. The molecule has 2 unspecified atom stereocenters. The summed E-state index contributed by atoms with van der Waals surface area (Å²) in [6.07, 6.45) is 1.53. The number of nitrogens with zero attached hydrogens (tertiary/aromatic N) is 2. The molecule has 17 heavy (non-hydrogen) atoms. The van der Waals surface area contributed by atoms with E-state index in [1.807, 2.05) is 13.8 Å². The van der Waals surface area contributed by atoms with Gasteiger partial charge in [-0.3, -0.25) is 10.1 Å². The van der Waals surface area contributed by atoms with Crippen LogP contribution in [0.1, 0.15) is 19.4 Å². The van der Waals surface area contributed by atoms with Crippen LogP contribution in [0.25, 0.3) is 0 Å². The Labute approximate surface area is 99.8 Å². The van der Waals surface area contributed by atoms with Crippen LogP contribution in [0.2, 0.25) is 0 Å². The van der Waals surface area contributed by atoms with Gasteiger partial charge in [-0.1, -0.05) is 6.92 Å². The Morgan fingerprint density at radius 2 is 2.24 bits per heavy atom. The van der Waals surface area contributed by atoms with Gasteiger partial charge in [-0.05, 0) is 25.8 Å². The number of nitro groups is 1. The zero-order chi connectivity index (χ0) is 13.0. The first-order chi connectivity index (χ1) is 7.97. The predicted molar refractivity (Wildman–Crippen MR) is 65.0 cm³/mol. The predicted octanol–water partition coefficient (Wildman–Crippen LogP) is 1.73. The molecule has 0 saturated carbocycles. The van der Waals surface area contributed by atoms with Crippen molar-refractivity contribution >= 4 is 11.5 Å². The van der Waals surface area contributed by atoms with E-state index < -0.39 is 4.92 Å². The average molecular weight is 239 g/mol. The van der Waals surface area contributed by atoms with Crippen molar-refractivity contribution in [2.24, 2.45) is 5.92 Å². The Bertz CT molecular complexity index is 409. The number of aliphatic hydroxyl groups excluding tert-OH is 1. The molecule has 0 aromatic carbocycles. The second-order valence-electron chi connectivity index (χ2n) is 4.18. The molecular formula is C11H17N3O3. The molecule has 1 rings (SSSR count). The summed E-state index contributed by atoms with van der Waals surface area (Å²) in [6, 6.07) is 1.51. The fourth-order valence-corrected chi connectivity index (χ4v) is 1.40. The molecule has 6 nitrogen and oxygen atoms in total. The third-order valence-electron chi connectivity index (χ3n) is 2.81. The van der Waals surface area contributed by atoms with Crippen molar-refractivity contribution in [3.8, 4) is 0 Å². The SMILES string of the molecule is Cc1ccnc(NC(C)C(C)CO)c1[N+](=O)[O-]. The lowest BCUT2D eigenvalue weighted by Gasteiger charge is -2.19. The summed E-state index contributed by atoms with van der Waals surface area (Å²) in [5.41, 5.74) is 0.556. The summed E-state index contributed by atoms with van der Waals surface area (Å²) in [5, 5.41) is 22.9. The highest BCUT2D eigenvalue weighted by Gasteiger charge is 2.21. The largest absolute Gasteiger partial charge is 0.396 e. The zero-order valence-electron chi connectivity index (χ0n) is 10.2. The standard InChI is InChI=1S/C11H17N3O3/c1-7-4-5-12-11(10(7)14(16)17)13-9(3)8(2)6-15/h4-5,8-9,15H,6H2,1-3H3,(H,12,13). The number of pyridine rings is 1. The molecule has 0 bridgehead atoms. The lowest BCUT2D eigenvalue weighted by atomic mass is 10.1. The van der Waals surface area contributed by atoms with Gasteiger partial charge in [0.25, 0.3) is 0 Å². The third kappa shape index (κ3) is 3.13. The number of hydrogen-bond acceptors (Lipinski definition) is 5. The molecule has 0 saturated heterocycles. The minimum atomic E-state index is -0.443. The molecule has 0 radical (unpaired) electrons. The fraction of sp³-hybridized carbons (Fsp3) is 0.545. The number of aryl methyl sites for hydroxylation is 1. The molecule has 1 aromatic rings. The van der Waals surface area contributed by atoms with Gasteiger partial charge in [0.15, 0.2) is 0 Å². The maximum absolute atomic E-state index is 10.9. The summed E-state index contributed by atoms with van der Waals surface area (Å²) in [4.78, 5) is 14.5. The van der Waals surface area contributed by atoms with Crippen LogP contribution in [0, 0.1) is 23.0 Å². The van der Waals surface area contributed by atoms with E-state index in [4.69, 9.17) is 5.11 Å². The van der Waals surface area contributed by atoms with Gasteiger partial charge in [-0.2, -0.15) is 0 Å². The smallest absolute Gasteiger partial charge is 0.314 e. The molecule has 94 valence electrons. The van der Waals surface area contributed by atoms with Gasteiger partial charge in [-0.15, -0.1) is 0 Å². The van der Waals surface area contributed by atoms with Crippen molar-refractivity contribution in [1.82, 2.24) is 4.98 Å². The van der Waals surface area contributed by atoms with Crippen molar-refractivity contribution in [3.05, 3.63) is 27.9 Å². The van der Waals surface area contributed by atoms with Gasteiger partial charge in [0.1, 0.15) is 0 Å². The van der Waals surface area contributed by atoms with E-state index in [0.717, 1.165) is 0 Å². The van der Waals surface area contributed by atoms with E-state index in [1.165, 1.54) is 6.20 Å².